The van der Waals surface area contributed by atoms with E-state index in [9.17, 15) is 4.79 Å². The van der Waals surface area contributed by atoms with Crippen molar-refractivity contribution in [3.63, 3.8) is 0 Å². The van der Waals surface area contributed by atoms with Gasteiger partial charge in [0.2, 0.25) is 0 Å². The van der Waals surface area contributed by atoms with E-state index in [0.717, 1.165) is 26.4 Å². The van der Waals surface area contributed by atoms with Gasteiger partial charge in [0.05, 0.1) is 12.1 Å². The van der Waals surface area contributed by atoms with E-state index in [0.29, 0.717) is 17.8 Å². The molecule has 0 amide bonds. The Morgan fingerprint density at radius 3 is 2.67 bits per heavy atom. The van der Waals surface area contributed by atoms with E-state index in [4.69, 9.17) is 0 Å². The summed E-state index contributed by atoms with van der Waals surface area (Å²) in [4.78, 5) is 11.3. The third-order valence-corrected chi connectivity index (χ3v) is 5.55. The molecular formula is C15H10Br2N2OS. The predicted molar refractivity (Wildman–Crippen MR) is 91.9 cm³/mol. The Kier molecular flexibility index (Phi) is 4.37. The molecule has 0 atom stereocenters. The quantitative estimate of drug-likeness (QED) is 0.551. The van der Waals surface area contributed by atoms with Crippen LogP contribution in [0.2, 0.25) is 0 Å². The Morgan fingerprint density at radius 1 is 1.19 bits per heavy atom. The molecule has 1 aromatic carbocycles. The number of carbonyl (C=O) groups is 1. The van der Waals surface area contributed by atoms with Crippen molar-refractivity contribution < 1.29 is 4.79 Å². The first-order chi connectivity index (χ1) is 10.2. The second-order valence-corrected chi connectivity index (χ2v) is 6.93. The molecule has 0 aliphatic carbocycles. The number of halogens is 2. The van der Waals surface area contributed by atoms with E-state index in [-0.39, 0.29) is 0 Å². The third kappa shape index (κ3) is 3.02. The van der Waals surface area contributed by atoms with Gasteiger partial charge in [-0.25, -0.2) is 0 Å². The van der Waals surface area contributed by atoms with Crippen LogP contribution in [-0.4, -0.2) is 16.1 Å². The summed E-state index contributed by atoms with van der Waals surface area (Å²) in [6.07, 6.45) is 2.63. The van der Waals surface area contributed by atoms with Crippen molar-refractivity contribution in [1.82, 2.24) is 9.78 Å². The van der Waals surface area contributed by atoms with E-state index < -0.39 is 0 Å². The maximum atomic E-state index is 11.3. The lowest BCUT2D eigenvalue weighted by Gasteiger charge is -2.04. The minimum Gasteiger partial charge on any atom is -0.298 e. The van der Waals surface area contributed by atoms with Crippen molar-refractivity contribution >= 4 is 49.5 Å². The third-order valence-electron chi connectivity index (χ3n) is 3.08. The number of nitrogens with zero attached hydrogens (tertiary/aromatic N) is 2. The van der Waals surface area contributed by atoms with Gasteiger partial charge in [-0.2, -0.15) is 16.4 Å². The van der Waals surface area contributed by atoms with Crippen LogP contribution in [0.25, 0.3) is 11.3 Å². The number of carbonyl (C=O) groups excluding carboxylic acids is 1. The number of aromatic nitrogens is 2. The molecule has 0 saturated carbocycles. The second kappa shape index (κ2) is 6.25. The maximum absolute atomic E-state index is 11.3. The molecule has 3 aromatic rings. The van der Waals surface area contributed by atoms with Crippen LogP contribution in [0, 0.1) is 0 Å². The molecule has 0 aliphatic rings. The first kappa shape index (κ1) is 14.7. The number of hydrogen-bond donors (Lipinski definition) is 0. The van der Waals surface area contributed by atoms with E-state index in [1.165, 1.54) is 0 Å². The van der Waals surface area contributed by atoms with Gasteiger partial charge >= 0.3 is 0 Å². The highest BCUT2D eigenvalue weighted by Gasteiger charge is 2.14. The number of aldehydes is 1. The molecule has 0 fully saturated rings. The largest absolute Gasteiger partial charge is 0.298 e. The Bertz CT molecular complexity index is 795. The maximum Gasteiger partial charge on any atom is 0.153 e. The average Bonchev–Trinajstić information content (AvgIpc) is 3.07. The number of rotatable bonds is 4. The lowest BCUT2D eigenvalue weighted by Crippen LogP contribution is -2.01. The van der Waals surface area contributed by atoms with E-state index >= 15 is 0 Å². The zero-order valence-corrected chi connectivity index (χ0v) is 14.8. The van der Waals surface area contributed by atoms with Crippen LogP contribution in [-0.2, 0) is 6.54 Å². The summed E-state index contributed by atoms with van der Waals surface area (Å²) in [6, 6.07) is 7.99. The highest BCUT2D eigenvalue weighted by atomic mass is 79.9. The highest BCUT2D eigenvalue weighted by Crippen LogP contribution is 2.32. The van der Waals surface area contributed by atoms with E-state index in [1.807, 2.05) is 35.0 Å². The first-order valence-electron chi connectivity index (χ1n) is 6.17. The molecule has 0 N–H and O–H groups in total. The summed E-state index contributed by atoms with van der Waals surface area (Å²) in [5.74, 6) is 0. The van der Waals surface area contributed by atoms with Gasteiger partial charge in [-0.05, 0) is 27.6 Å². The van der Waals surface area contributed by atoms with Gasteiger partial charge in [-0.3, -0.25) is 9.48 Å². The Morgan fingerprint density at radius 2 is 2.00 bits per heavy atom. The molecule has 21 heavy (non-hydrogen) atoms. The predicted octanol–water partition coefficient (Wildman–Crippen LogP) is 5.00. The Balaban J connectivity index is 1.99. The Labute approximate surface area is 142 Å². The molecule has 2 heterocycles. The second-order valence-electron chi connectivity index (χ2n) is 4.47. The van der Waals surface area contributed by atoms with Gasteiger partial charge in [0.25, 0.3) is 0 Å². The van der Waals surface area contributed by atoms with Crippen molar-refractivity contribution in [2.75, 3.05) is 0 Å². The zero-order valence-electron chi connectivity index (χ0n) is 10.8. The fourth-order valence-corrected chi connectivity index (χ4v) is 3.94. The van der Waals surface area contributed by atoms with E-state index in [1.54, 1.807) is 22.2 Å². The molecule has 106 valence electrons. The smallest absolute Gasteiger partial charge is 0.153 e. The fourth-order valence-electron chi connectivity index (χ4n) is 2.07. The topological polar surface area (TPSA) is 34.9 Å². The van der Waals surface area contributed by atoms with Crippen LogP contribution in [0.5, 0.6) is 0 Å². The van der Waals surface area contributed by atoms with Gasteiger partial charge in [0.1, 0.15) is 5.69 Å². The molecule has 0 radical (unpaired) electrons. The van der Waals surface area contributed by atoms with Gasteiger partial charge in [0, 0.05) is 31.5 Å². The van der Waals surface area contributed by atoms with Crippen LogP contribution in [0.15, 0.2) is 50.2 Å². The average molecular weight is 426 g/mol. The first-order valence-corrected chi connectivity index (χ1v) is 8.70. The highest BCUT2D eigenvalue weighted by molar-refractivity contribution is 9.11. The summed E-state index contributed by atoms with van der Waals surface area (Å²) in [5, 5.41) is 8.53. The van der Waals surface area contributed by atoms with Crippen LogP contribution in [0.4, 0.5) is 0 Å². The molecule has 0 unspecified atom stereocenters. The summed E-state index contributed by atoms with van der Waals surface area (Å²) >= 11 is 8.60. The molecule has 3 rings (SSSR count). The minimum absolute atomic E-state index is 0.598. The van der Waals surface area contributed by atoms with Crippen molar-refractivity contribution in [1.29, 1.82) is 0 Å². The van der Waals surface area contributed by atoms with Crippen LogP contribution in [0.3, 0.4) is 0 Å². The standard InChI is InChI=1S/C15H10Br2N2OS/c16-13-4-2-1-3-10(13)5-19-6-11(7-20)15(18-19)12-8-21-9-14(12)17/h1-4,6-9H,5H2. The number of hydrogen-bond acceptors (Lipinski definition) is 3. The SMILES string of the molecule is O=Cc1cn(Cc2ccccc2Br)nc1-c1cscc1Br. The molecule has 0 spiro atoms. The van der Waals surface area contributed by atoms with E-state index in [2.05, 4.69) is 37.0 Å². The monoisotopic (exact) mass is 424 g/mol. The van der Waals surface area contributed by atoms with Gasteiger partial charge in [0.15, 0.2) is 6.29 Å². The summed E-state index contributed by atoms with van der Waals surface area (Å²) < 4.78 is 3.79. The lowest BCUT2D eigenvalue weighted by molar-refractivity contribution is 0.112. The summed E-state index contributed by atoms with van der Waals surface area (Å²) in [7, 11) is 0. The molecular weight excluding hydrogens is 416 g/mol. The normalized spacial score (nSPS) is 10.8. The van der Waals surface area contributed by atoms with Crippen LogP contribution >= 0.6 is 43.2 Å². The van der Waals surface area contributed by atoms with Crippen molar-refractivity contribution in [3.8, 4) is 11.3 Å². The molecule has 2 aromatic heterocycles. The molecule has 0 bridgehead atoms. The summed E-state index contributed by atoms with van der Waals surface area (Å²) in [6.45, 7) is 0.615. The van der Waals surface area contributed by atoms with Gasteiger partial charge in [-0.1, -0.05) is 34.1 Å². The van der Waals surface area contributed by atoms with Crippen molar-refractivity contribution in [3.05, 3.63) is 61.3 Å². The minimum atomic E-state index is 0.598. The molecule has 0 aliphatic heterocycles. The Hall–Kier alpha value is -1.24. The van der Waals surface area contributed by atoms with Gasteiger partial charge < -0.3 is 0 Å². The van der Waals surface area contributed by atoms with Gasteiger partial charge in [-0.15, -0.1) is 0 Å². The molecule has 0 saturated heterocycles. The summed E-state index contributed by atoms with van der Waals surface area (Å²) in [5.41, 5.74) is 3.38. The molecule has 3 nitrogen and oxygen atoms in total. The lowest BCUT2D eigenvalue weighted by atomic mass is 10.2. The number of thiophene rings is 1. The molecule has 6 heteroatoms. The van der Waals surface area contributed by atoms with Crippen LogP contribution < -0.4 is 0 Å². The van der Waals surface area contributed by atoms with Crippen LogP contribution in [0.1, 0.15) is 15.9 Å². The fraction of sp³-hybridized carbons (Fsp3) is 0.0667. The number of benzene rings is 1. The van der Waals surface area contributed by atoms with Crippen molar-refractivity contribution in [2.45, 2.75) is 6.54 Å². The van der Waals surface area contributed by atoms with Crippen molar-refractivity contribution in [2.24, 2.45) is 0 Å². The zero-order chi connectivity index (χ0) is 14.8.